The molecule has 1 fully saturated rings. The molecule has 4 nitrogen and oxygen atoms in total. The fraction of sp³-hybridized carbons (Fsp3) is 0.562. The van der Waals surface area contributed by atoms with Crippen LogP contribution in [0.2, 0.25) is 0 Å². The van der Waals surface area contributed by atoms with Crippen molar-refractivity contribution in [1.29, 1.82) is 0 Å². The molecule has 1 aliphatic rings. The van der Waals surface area contributed by atoms with Crippen LogP contribution in [0.1, 0.15) is 26.7 Å². The summed E-state index contributed by atoms with van der Waals surface area (Å²) in [7, 11) is 0. The van der Waals surface area contributed by atoms with Crippen LogP contribution in [0.4, 0.5) is 5.69 Å². The summed E-state index contributed by atoms with van der Waals surface area (Å²) >= 11 is 0. The second kappa shape index (κ2) is 5.83. The molecule has 108 valence electrons. The van der Waals surface area contributed by atoms with Gasteiger partial charge >= 0.3 is 0 Å². The molecule has 2 aromatic rings. The number of fused-ring (bicyclic) bond motifs is 1. The van der Waals surface area contributed by atoms with Gasteiger partial charge in [-0.3, -0.25) is 5.10 Å². The second-order valence-electron chi connectivity index (χ2n) is 5.88. The van der Waals surface area contributed by atoms with E-state index >= 15 is 0 Å². The topological polar surface area (TPSA) is 44.0 Å². The first kappa shape index (κ1) is 13.4. The number of anilines is 1. The van der Waals surface area contributed by atoms with Crippen LogP contribution in [-0.4, -0.2) is 40.8 Å². The largest absolute Gasteiger partial charge is 0.382 e. The minimum Gasteiger partial charge on any atom is -0.382 e. The van der Waals surface area contributed by atoms with Gasteiger partial charge in [-0.1, -0.05) is 6.92 Å². The summed E-state index contributed by atoms with van der Waals surface area (Å²) < 4.78 is 0. The molecule has 1 aliphatic heterocycles. The van der Waals surface area contributed by atoms with Crippen molar-refractivity contribution >= 4 is 16.6 Å². The molecule has 1 aromatic carbocycles. The van der Waals surface area contributed by atoms with Crippen LogP contribution < -0.4 is 5.32 Å². The third-order valence-corrected chi connectivity index (χ3v) is 4.62. The van der Waals surface area contributed by atoms with Crippen molar-refractivity contribution < 1.29 is 0 Å². The van der Waals surface area contributed by atoms with E-state index in [0.29, 0.717) is 6.04 Å². The lowest BCUT2D eigenvalue weighted by atomic mass is 9.90. The van der Waals surface area contributed by atoms with Crippen LogP contribution in [0.15, 0.2) is 24.4 Å². The number of aromatic nitrogens is 2. The molecule has 1 atom stereocenters. The summed E-state index contributed by atoms with van der Waals surface area (Å²) in [6, 6.07) is 6.93. The summed E-state index contributed by atoms with van der Waals surface area (Å²) in [5.41, 5.74) is 2.30. The zero-order chi connectivity index (χ0) is 13.9. The molecule has 2 heterocycles. The predicted molar refractivity (Wildman–Crippen MR) is 84.0 cm³/mol. The molecule has 1 aromatic heterocycles. The van der Waals surface area contributed by atoms with Crippen molar-refractivity contribution in [1.82, 2.24) is 15.1 Å². The van der Waals surface area contributed by atoms with E-state index in [0.717, 1.165) is 11.4 Å². The minimum absolute atomic E-state index is 0.526. The average molecular weight is 272 g/mol. The second-order valence-corrected chi connectivity index (χ2v) is 5.88. The summed E-state index contributed by atoms with van der Waals surface area (Å²) in [6.45, 7) is 8.24. The Hall–Kier alpha value is -1.55. The van der Waals surface area contributed by atoms with Gasteiger partial charge < -0.3 is 10.2 Å². The Balaban J connectivity index is 1.62. The summed E-state index contributed by atoms with van der Waals surface area (Å²) in [5, 5.41) is 11.9. The first-order valence-corrected chi connectivity index (χ1v) is 7.68. The lowest BCUT2D eigenvalue weighted by Gasteiger charge is -2.34. The number of piperidine rings is 1. The van der Waals surface area contributed by atoms with Gasteiger partial charge in [0.1, 0.15) is 0 Å². The summed E-state index contributed by atoms with van der Waals surface area (Å²) in [5.74, 6) is 0.776. The SMILES string of the molecule is CCN1CCC(C(C)Nc2ccc3[nH]ncc3c2)CC1. The number of hydrogen-bond acceptors (Lipinski definition) is 3. The number of likely N-dealkylation sites (tertiary alicyclic amines) is 1. The van der Waals surface area contributed by atoms with Gasteiger partial charge in [0.05, 0.1) is 11.7 Å². The number of aromatic amines is 1. The van der Waals surface area contributed by atoms with E-state index in [-0.39, 0.29) is 0 Å². The maximum Gasteiger partial charge on any atom is 0.0651 e. The maximum atomic E-state index is 4.07. The molecule has 0 radical (unpaired) electrons. The Morgan fingerprint density at radius 3 is 2.95 bits per heavy atom. The monoisotopic (exact) mass is 272 g/mol. The zero-order valence-corrected chi connectivity index (χ0v) is 12.4. The van der Waals surface area contributed by atoms with Gasteiger partial charge in [0, 0.05) is 17.1 Å². The lowest BCUT2D eigenvalue weighted by Crippen LogP contribution is -2.39. The number of nitrogens with zero attached hydrogens (tertiary/aromatic N) is 2. The quantitative estimate of drug-likeness (QED) is 0.899. The molecule has 4 heteroatoms. The number of benzene rings is 1. The van der Waals surface area contributed by atoms with Crippen LogP contribution in [-0.2, 0) is 0 Å². The molecule has 2 N–H and O–H groups in total. The molecule has 1 saturated heterocycles. The van der Waals surface area contributed by atoms with Gasteiger partial charge in [-0.05, 0) is 63.5 Å². The van der Waals surface area contributed by atoms with E-state index < -0.39 is 0 Å². The van der Waals surface area contributed by atoms with Gasteiger partial charge in [0.25, 0.3) is 0 Å². The van der Waals surface area contributed by atoms with Crippen molar-refractivity contribution in [2.45, 2.75) is 32.7 Å². The molecule has 0 bridgehead atoms. The maximum absolute atomic E-state index is 4.07. The van der Waals surface area contributed by atoms with E-state index in [1.165, 1.54) is 43.5 Å². The number of H-pyrrole nitrogens is 1. The molecule has 0 amide bonds. The average Bonchev–Trinajstić information content (AvgIpc) is 2.95. The minimum atomic E-state index is 0.526. The van der Waals surface area contributed by atoms with E-state index in [2.05, 4.69) is 52.5 Å². The third kappa shape index (κ3) is 2.80. The highest BCUT2D eigenvalue weighted by atomic mass is 15.1. The van der Waals surface area contributed by atoms with Gasteiger partial charge in [-0.25, -0.2) is 0 Å². The van der Waals surface area contributed by atoms with Crippen molar-refractivity contribution in [3.05, 3.63) is 24.4 Å². The summed E-state index contributed by atoms with van der Waals surface area (Å²) in [4.78, 5) is 2.54. The number of rotatable bonds is 4. The van der Waals surface area contributed by atoms with Gasteiger partial charge in [-0.2, -0.15) is 5.10 Å². The molecular weight excluding hydrogens is 248 g/mol. The van der Waals surface area contributed by atoms with Crippen LogP contribution >= 0.6 is 0 Å². The lowest BCUT2D eigenvalue weighted by molar-refractivity contribution is 0.183. The third-order valence-electron chi connectivity index (χ3n) is 4.62. The first-order valence-electron chi connectivity index (χ1n) is 7.68. The van der Waals surface area contributed by atoms with Crippen molar-refractivity contribution in [3.63, 3.8) is 0 Å². The van der Waals surface area contributed by atoms with Crippen LogP contribution in [0.25, 0.3) is 10.9 Å². The fourth-order valence-corrected chi connectivity index (χ4v) is 3.18. The van der Waals surface area contributed by atoms with E-state index in [9.17, 15) is 0 Å². The number of hydrogen-bond donors (Lipinski definition) is 2. The van der Waals surface area contributed by atoms with E-state index in [1.807, 2.05) is 6.20 Å². The highest BCUT2D eigenvalue weighted by molar-refractivity contribution is 5.81. The zero-order valence-electron chi connectivity index (χ0n) is 12.4. The van der Waals surface area contributed by atoms with Gasteiger partial charge in [0.15, 0.2) is 0 Å². The van der Waals surface area contributed by atoms with Crippen LogP contribution in [0.5, 0.6) is 0 Å². The molecule has 0 saturated carbocycles. The van der Waals surface area contributed by atoms with E-state index in [1.54, 1.807) is 0 Å². The molecular formula is C16H24N4. The van der Waals surface area contributed by atoms with Crippen LogP contribution in [0.3, 0.4) is 0 Å². The van der Waals surface area contributed by atoms with Crippen LogP contribution in [0, 0.1) is 5.92 Å². The molecule has 0 aliphatic carbocycles. The highest BCUT2D eigenvalue weighted by Crippen LogP contribution is 2.24. The predicted octanol–water partition coefficient (Wildman–Crippen LogP) is 3.10. The molecule has 1 unspecified atom stereocenters. The van der Waals surface area contributed by atoms with Gasteiger partial charge in [-0.15, -0.1) is 0 Å². The Bertz CT molecular complexity index is 554. The van der Waals surface area contributed by atoms with Gasteiger partial charge in [0.2, 0.25) is 0 Å². The van der Waals surface area contributed by atoms with Crippen molar-refractivity contribution in [3.8, 4) is 0 Å². The first-order chi connectivity index (χ1) is 9.76. The smallest absolute Gasteiger partial charge is 0.0651 e. The Morgan fingerprint density at radius 2 is 2.20 bits per heavy atom. The fourth-order valence-electron chi connectivity index (χ4n) is 3.18. The Labute approximate surface area is 120 Å². The number of nitrogens with one attached hydrogen (secondary N) is 2. The molecule has 20 heavy (non-hydrogen) atoms. The van der Waals surface area contributed by atoms with Crippen molar-refractivity contribution in [2.24, 2.45) is 5.92 Å². The Morgan fingerprint density at radius 1 is 1.40 bits per heavy atom. The standard InChI is InChI=1S/C16H24N4/c1-3-20-8-6-13(7-9-20)12(2)18-15-4-5-16-14(10-15)11-17-19-16/h4-5,10-13,18H,3,6-9H2,1-2H3,(H,17,19). The van der Waals surface area contributed by atoms with Crippen molar-refractivity contribution in [2.75, 3.05) is 25.0 Å². The molecule has 3 rings (SSSR count). The summed E-state index contributed by atoms with van der Waals surface area (Å²) in [6.07, 6.45) is 4.48. The normalized spacial score (nSPS) is 19.3. The van der Waals surface area contributed by atoms with E-state index in [4.69, 9.17) is 0 Å². The Kier molecular flexibility index (Phi) is 3.92. The highest BCUT2D eigenvalue weighted by Gasteiger charge is 2.23. The molecule has 0 spiro atoms.